The van der Waals surface area contributed by atoms with Crippen molar-refractivity contribution in [3.05, 3.63) is 29.8 Å². The third-order valence-corrected chi connectivity index (χ3v) is 4.32. The second-order valence-corrected chi connectivity index (χ2v) is 5.71. The standard InChI is InChI=1S/C17H25NO2/c1-4-5-14-10-11-18(12-14)13(2)17(19)15-6-8-16(20-3)9-7-15/h6-9,13-14H,4-5,10-12H2,1-3H3. The van der Waals surface area contributed by atoms with Crippen LogP contribution in [0.4, 0.5) is 0 Å². The van der Waals surface area contributed by atoms with E-state index in [1.54, 1.807) is 7.11 Å². The molecule has 3 heteroatoms. The predicted octanol–water partition coefficient (Wildman–Crippen LogP) is 3.39. The van der Waals surface area contributed by atoms with E-state index in [1.807, 2.05) is 31.2 Å². The lowest BCUT2D eigenvalue weighted by Crippen LogP contribution is -2.37. The molecule has 1 aliphatic heterocycles. The molecule has 1 aromatic carbocycles. The normalized spacial score (nSPS) is 20.9. The Balaban J connectivity index is 1.97. The van der Waals surface area contributed by atoms with Gasteiger partial charge in [0.25, 0.3) is 0 Å². The summed E-state index contributed by atoms with van der Waals surface area (Å²) >= 11 is 0. The number of hydrogen-bond donors (Lipinski definition) is 0. The summed E-state index contributed by atoms with van der Waals surface area (Å²) in [4.78, 5) is 14.8. The molecule has 0 aromatic heterocycles. The Morgan fingerprint density at radius 1 is 1.40 bits per heavy atom. The Bertz CT molecular complexity index is 441. The molecule has 1 saturated heterocycles. The molecule has 3 nitrogen and oxygen atoms in total. The molecule has 1 heterocycles. The van der Waals surface area contributed by atoms with E-state index in [2.05, 4.69) is 11.8 Å². The second kappa shape index (κ2) is 6.89. The molecule has 0 spiro atoms. The Morgan fingerprint density at radius 3 is 2.70 bits per heavy atom. The molecule has 0 N–H and O–H groups in total. The fraction of sp³-hybridized carbons (Fsp3) is 0.588. The first-order valence-corrected chi connectivity index (χ1v) is 7.58. The zero-order valence-electron chi connectivity index (χ0n) is 12.8. The van der Waals surface area contributed by atoms with Gasteiger partial charge in [-0.2, -0.15) is 0 Å². The Labute approximate surface area is 121 Å². The summed E-state index contributed by atoms with van der Waals surface area (Å²) in [5, 5.41) is 0. The third-order valence-electron chi connectivity index (χ3n) is 4.32. The first-order chi connectivity index (χ1) is 9.65. The number of methoxy groups -OCH3 is 1. The van der Waals surface area contributed by atoms with Crippen LogP contribution in [0, 0.1) is 5.92 Å². The van der Waals surface area contributed by atoms with Gasteiger partial charge in [-0.3, -0.25) is 9.69 Å². The third kappa shape index (κ3) is 3.40. The Kier molecular flexibility index (Phi) is 5.18. The van der Waals surface area contributed by atoms with Gasteiger partial charge < -0.3 is 4.74 Å². The molecule has 2 rings (SSSR count). The molecule has 0 bridgehead atoms. The highest BCUT2D eigenvalue weighted by Gasteiger charge is 2.29. The Hall–Kier alpha value is -1.35. The zero-order valence-corrected chi connectivity index (χ0v) is 12.8. The summed E-state index contributed by atoms with van der Waals surface area (Å²) in [6.45, 7) is 6.38. The van der Waals surface area contributed by atoms with Gasteiger partial charge in [-0.05, 0) is 56.5 Å². The molecule has 0 amide bonds. The molecule has 2 atom stereocenters. The fourth-order valence-corrected chi connectivity index (χ4v) is 3.02. The van der Waals surface area contributed by atoms with Gasteiger partial charge in [0, 0.05) is 12.1 Å². The summed E-state index contributed by atoms with van der Waals surface area (Å²) in [7, 11) is 1.64. The number of benzene rings is 1. The van der Waals surface area contributed by atoms with Gasteiger partial charge in [0.2, 0.25) is 0 Å². The number of likely N-dealkylation sites (tertiary alicyclic amines) is 1. The van der Waals surface area contributed by atoms with Crippen LogP contribution in [-0.2, 0) is 0 Å². The lowest BCUT2D eigenvalue weighted by Gasteiger charge is -2.23. The van der Waals surface area contributed by atoms with Crippen LogP contribution in [0.25, 0.3) is 0 Å². The number of rotatable bonds is 6. The van der Waals surface area contributed by atoms with Crippen molar-refractivity contribution in [2.24, 2.45) is 5.92 Å². The van der Waals surface area contributed by atoms with E-state index >= 15 is 0 Å². The quantitative estimate of drug-likeness (QED) is 0.745. The minimum atomic E-state index is -0.0229. The summed E-state index contributed by atoms with van der Waals surface area (Å²) in [5.41, 5.74) is 0.775. The van der Waals surface area contributed by atoms with Crippen molar-refractivity contribution in [1.29, 1.82) is 0 Å². The zero-order chi connectivity index (χ0) is 14.5. The minimum absolute atomic E-state index is 0.0229. The number of Topliss-reactive ketones (excluding diaryl/α,β-unsaturated/α-hetero) is 1. The van der Waals surface area contributed by atoms with Crippen LogP contribution in [0.15, 0.2) is 24.3 Å². The summed E-state index contributed by atoms with van der Waals surface area (Å²) in [6.07, 6.45) is 3.74. The van der Waals surface area contributed by atoms with Gasteiger partial charge in [0.05, 0.1) is 13.2 Å². The van der Waals surface area contributed by atoms with Gasteiger partial charge in [0.15, 0.2) is 5.78 Å². The van der Waals surface area contributed by atoms with Crippen LogP contribution in [0.2, 0.25) is 0 Å². The monoisotopic (exact) mass is 275 g/mol. The van der Waals surface area contributed by atoms with Crippen molar-refractivity contribution in [3.63, 3.8) is 0 Å². The number of ketones is 1. The maximum Gasteiger partial charge on any atom is 0.179 e. The molecule has 0 radical (unpaired) electrons. The fourth-order valence-electron chi connectivity index (χ4n) is 3.02. The van der Waals surface area contributed by atoms with Crippen molar-refractivity contribution in [3.8, 4) is 5.75 Å². The molecule has 0 aliphatic carbocycles. The van der Waals surface area contributed by atoms with E-state index in [9.17, 15) is 4.79 Å². The average Bonchev–Trinajstić information content (AvgIpc) is 2.95. The lowest BCUT2D eigenvalue weighted by molar-refractivity contribution is 0.0862. The van der Waals surface area contributed by atoms with E-state index in [0.717, 1.165) is 30.3 Å². The molecule has 110 valence electrons. The predicted molar refractivity (Wildman–Crippen MR) is 81.4 cm³/mol. The van der Waals surface area contributed by atoms with E-state index in [0.29, 0.717) is 0 Å². The van der Waals surface area contributed by atoms with E-state index in [1.165, 1.54) is 19.3 Å². The largest absolute Gasteiger partial charge is 0.497 e. The number of carbonyl (C=O) groups excluding carboxylic acids is 1. The number of carbonyl (C=O) groups is 1. The van der Waals surface area contributed by atoms with Gasteiger partial charge in [0.1, 0.15) is 5.75 Å². The number of ether oxygens (including phenoxy) is 1. The van der Waals surface area contributed by atoms with Crippen LogP contribution in [-0.4, -0.2) is 36.9 Å². The molecular weight excluding hydrogens is 250 g/mol. The Morgan fingerprint density at radius 2 is 2.10 bits per heavy atom. The summed E-state index contributed by atoms with van der Waals surface area (Å²) < 4.78 is 5.13. The van der Waals surface area contributed by atoms with Crippen LogP contribution >= 0.6 is 0 Å². The van der Waals surface area contributed by atoms with Crippen LogP contribution in [0.3, 0.4) is 0 Å². The van der Waals surface area contributed by atoms with Gasteiger partial charge in [-0.15, -0.1) is 0 Å². The maximum absolute atomic E-state index is 12.5. The van der Waals surface area contributed by atoms with Crippen molar-refractivity contribution < 1.29 is 9.53 Å². The molecule has 1 aliphatic rings. The highest BCUT2D eigenvalue weighted by atomic mass is 16.5. The topological polar surface area (TPSA) is 29.5 Å². The van der Waals surface area contributed by atoms with Crippen LogP contribution in [0.1, 0.15) is 43.5 Å². The lowest BCUT2D eigenvalue weighted by atomic mass is 10.0. The highest BCUT2D eigenvalue weighted by Crippen LogP contribution is 2.24. The minimum Gasteiger partial charge on any atom is -0.497 e. The van der Waals surface area contributed by atoms with Crippen LogP contribution in [0.5, 0.6) is 5.75 Å². The summed E-state index contributed by atoms with van der Waals surface area (Å²) in [5.74, 6) is 1.77. The molecule has 0 saturated carbocycles. The van der Waals surface area contributed by atoms with Crippen molar-refractivity contribution >= 4 is 5.78 Å². The van der Waals surface area contributed by atoms with E-state index in [4.69, 9.17) is 4.74 Å². The van der Waals surface area contributed by atoms with Crippen LogP contribution < -0.4 is 4.74 Å². The highest BCUT2D eigenvalue weighted by molar-refractivity contribution is 5.99. The van der Waals surface area contributed by atoms with E-state index in [-0.39, 0.29) is 11.8 Å². The number of hydrogen-bond acceptors (Lipinski definition) is 3. The summed E-state index contributed by atoms with van der Waals surface area (Å²) in [6, 6.07) is 7.40. The molecule has 1 aromatic rings. The average molecular weight is 275 g/mol. The van der Waals surface area contributed by atoms with Gasteiger partial charge in [-0.1, -0.05) is 13.3 Å². The molecule has 2 unspecified atom stereocenters. The molecule has 20 heavy (non-hydrogen) atoms. The number of nitrogens with zero attached hydrogens (tertiary/aromatic N) is 1. The SMILES string of the molecule is CCCC1CCN(C(C)C(=O)c2ccc(OC)cc2)C1. The maximum atomic E-state index is 12.5. The molecule has 1 fully saturated rings. The van der Waals surface area contributed by atoms with E-state index < -0.39 is 0 Å². The first kappa shape index (κ1) is 15.0. The van der Waals surface area contributed by atoms with Gasteiger partial charge >= 0.3 is 0 Å². The second-order valence-electron chi connectivity index (χ2n) is 5.71. The van der Waals surface area contributed by atoms with Gasteiger partial charge in [-0.25, -0.2) is 0 Å². The van der Waals surface area contributed by atoms with Crippen molar-refractivity contribution in [2.75, 3.05) is 20.2 Å². The smallest absolute Gasteiger partial charge is 0.179 e. The first-order valence-electron chi connectivity index (χ1n) is 7.58. The molecular formula is C17H25NO2. The van der Waals surface area contributed by atoms with Crippen molar-refractivity contribution in [1.82, 2.24) is 4.90 Å². The van der Waals surface area contributed by atoms with Crippen molar-refractivity contribution in [2.45, 2.75) is 39.2 Å².